The van der Waals surface area contributed by atoms with Crippen molar-refractivity contribution in [2.45, 2.75) is 38.6 Å². The number of hydrogen-bond acceptors (Lipinski definition) is 3. The first kappa shape index (κ1) is 14.3. The van der Waals surface area contributed by atoms with Crippen LogP contribution in [0.25, 0.3) is 0 Å². The first-order valence-corrected chi connectivity index (χ1v) is 7.36. The summed E-state index contributed by atoms with van der Waals surface area (Å²) in [5.74, 6) is 0.651. The molecule has 2 aliphatic rings. The number of nitrogens with one attached hydrogen (secondary N) is 1. The molecule has 0 aromatic heterocycles. The fourth-order valence-electron chi connectivity index (χ4n) is 3.09. The second-order valence-corrected chi connectivity index (χ2v) is 5.83. The van der Waals surface area contributed by atoms with Gasteiger partial charge in [0.2, 0.25) is 11.8 Å². The highest BCUT2D eigenvalue weighted by atomic mass is 16.2. The van der Waals surface area contributed by atoms with Crippen LogP contribution in [0, 0.1) is 5.92 Å². The Hall–Kier alpha value is -1.10. The Morgan fingerprint density at radius 1 is 1.32 bits per heavy atom. The SMILES string of the molecule is CCC1NC(=O)CCN(CC2CCCN(C)C2)C1=O. The maximum absolute atomic E-state index is 12.4. The first-order valence-electron chi connectivity index (χ1n) is 7.36. The number of carbonyl (C=O) groups is 2. The van der Waals surface area contributed by atoms with Crippen LogP contribution < -0.4 is 5.32 Å². The average Bonchev–Trinajstić information content (AvgIpc) is 2.52. The van der Waals surface area contributed by atoms with Crippen molar-refractivity contribution in [3.8, 4) is 0 Å². The van der Waals surface area contributed by atoms with Crippen molar-refractivity contribution in [2.24, 2.45) is 5.92 Å². The van der Waals surface area contributed by atoms with Crippen LogP contribution in [0.4, 0.5) is 0 Å². The molecule has 2 atom stereocenters. The lowest BCUT2D eigenvalue weighted by molar-refractivity contribution is -0.134. The predicted molar refractivity (Wildman–Crippen MR) is 73.6 cm³/mol. The van der Waals surface area contributed by atoms with Crippen molar-refractivity contribution in [3.05, 3.63) is 0 Å². The Labute approximate surface area is 115 Å². The largest absolute Gasteiger partial charge is 0.344 e. The zero-order valence-electron chi connectivity index (χ0n) is 12.0. The topological polar surface area (TPSA) is 52.7 Å². The van der Waals surface area contributed by atoms with Gasteiger partial charge >= 0.3 is 0 Å². The van der Waals surface area contributed by atoms with E-state index in [1.807, 2.05) is 11.8 Å². The van der Waals surface area contributed by atoms with E-state index in [9.17, 15) is 9.59 Å². The van der Waals surface area contributed by atoms with Gasteiger partial charge in [0, 0.05) is 26.1 Å². The van der Waals surface area contributed by atoms with E-state index < -0.39 is 0 Å². The fourth-order valence-corrected chi connectivity index (χ4v) is 3.09. The Kier molecular flexibility index (Phi) is 4.80. The summed E-state index contributed by atoms with van der Waals surface area (Å²) < 4.78 is 0. The Morgan fingerprint density at radius 3 is 2.79 bits per heavy atom. The third-order valence-corrected chi connectivity index (χ3v) is 4.16. The van der Waals surface area contributed by atoms with Gasteiger partial charge in [0.15, 0.2) is 0 Å². The summed E-state index contributed by atoms with van der Waals surface area (Å²) >= 11 is 0. The maximum Gasteiger partial charge on any atom is 0.245 e. The molecule has 2 unspecified atom stereocenters. The molecule has 1 N–H and O–H groups in total. The molecule has 0 spiro atoms. The molecule has 5 nitrogen and oxygen atoms in total. The zero-order chi connectivity index (χ0) is 13.8. The van der Waals surface area contributed by atoms with Crippen LogP contribution >= 0.6 is 0 Å². The van der Waals surface area contributed by atoms with Crippen molar-refractivity contribution in [1.82, 2.24) is 15.1 Å². The highest BCUT2D eigenvalue weighted by Crippen LogP contribution is 2.18. The van der Waals surface area contributed by atoms with E-state index in [1.54, 1.807) is 0 Å². The van der Waals surface area contributed by atoms with Crippen LogP contribution in [0.1, 0.15) is 32.6 Å². The predicted octanol–water partition coefficient (Wildman–Crippen LogP) is 0.455. The van der Waals surface area contributed by atoms with Gasteiger partial charge in [0.05, 0.1) is 0 Å². The second kappa shape index (κ2) is 6.37. The van der Waals surface area contributed by atoms with E-state index >= 15 is 0 Å². The minimum Gasteiger partial charge on any atom is -0.344 e. The third-order valence-electron chi connectivity index (χ3n) is 4.16. The smallest absolute Gasteiger partial charge is 0.245 e. The molecule has 19 heavy (non-hydrogen) atoms. The van der Waals surface area contributed by atoms with Crippen LogP contribution in [0.2, 0.25) is 0 Å². The highest BCUT2D eigenvalue weighted by molar-refractivity contribution is 5.89. The van der Waals surface area contributed by atoms with E-state index in [2.05, 4.69) is 17.3 Å². The van der Waals surface area contributed by atoms with Crippen LogP contribution in [0.5, 0.6) is 0 Å². The molecular weight excluding hydrogens is 242 g/mol. The molecule has 108 valence electrons. The number of amides is 2. The summed E-state index contributed by atoms with van der Waals surface area (Å²) in [6, 6.07) is -0.323. The second-order valence-electron chi connectivity index (χ2n) is 5.83. The molecule has 0 aliphatic carbocycles. The summed E-state index contributed by atoms with van der Waals surface area (Å²) in [4.78, 5) is 28.2. The summed E-state index contributed by atoms with van der Waals surface area (Å²) in [5.41, 5.74) is 0. The van der Waals surface area contributed by atoms with Crippen LogP contribution in [0.15, 0.2) is 0 Å². The zero-order valence-corrected chi connectivity index (χ0v) is 12.0. The molecule has 2 saturated heterocycles. The fraction of sp³-hybridized carbons (Fsp3) is 0.857. The molecule has 0 bridgehead atoms. The van der Waals surface area contributed by atoms with Gasteiger partial charge in [0.1, 0.15) is 6.04 Å². The van der Waals surface area contributed by atoms with Crippen molar-refractivity contribution in [1.29, 1.82) is 0 Å². The standard InChI is InChI=1S/C14H25N3O2/c1-3-12-14(19)17(8-6-13(18)15-12)10-11-5-4-7-16(2)9-11/h11-12H,3-10H2,1-2H3,(H,15,18). The summed E-state index contributed by atoms with van der Waals surface area (Å²) in [6.07, 6.45) is 3.50. The van der Waals surface area contributed by atoms with Gasteiger partial charge in [-0.25, -0.2) is 0 Å². The van der Waals surface area contributed by atoms with Crippen molar-refractivity contribution < 1.29 is 9.59 Å². The Balaban J connectivity index is 1.97. The maximum atomic E-state index is 12.4. The monoisotopic (exact) mass is 267 g/mol. The van der Waals surface area contributed by atoms with E-state index in [4.69, 9.17) is 0 Å². The Morgan fingerprint density at radius 2 is 2.11 bits per heavy atom. The van der Waals surface area contributed by atoms with E-state index in [0.717, 1.165) is 19.6 Å². The molecule has 0 saturated carbocycles. The molecule has 5 heteroatoms. The van der Waals surface area contributed by atoms with Crippen molar-refractivity contribution >= 4 is 11.8 Å². The van der Waals surface area contributed by atoms with Crippen LogP contribution in [-0.4, -0.2) is 60.9 Å². The minimum absolute atomic E-state index is 0.00321. The molecule has 2 heterocycles. The normalized spacial score (nSPS) is 30.1. The Bertz CT molecular complexity index is 346. The minimum atomic E-state index is -0.323. The van der Waals surface area contributed by atoms with E-state index in [0.29, 0.717) is 25.3 Å². The van der Waals surface area contributed by atoms with Crippen LogP contribution in [-0.2, 0) is 9.59 Å². The number of piperidine rings is 1. The summed E-state index contributed by atoms with van der Waals surface area (Å²) in [7, 11) is 2.14. The molecule has 0 aromatic rings. The number of likely N-dealkylation sites (tertiary alicyclic amines) is 1. The molecular formula is C14H25N3O2. The van der Waals surface area contributed by atoms with Crippen molar-refractivity contribution in [2.75, 3.05) is 33.2 Å². The molecule has 2 amide bonds. The molecule has 2 rings (SSSR count). The quantitative estimate of drug-likeness (QED) is 0.808. The third kappa shape index (κ3) is 3.69. The highest BCUT2D eigenvalue weighted by Gasteiger charge is 2.30. The molecule has 0 radical (unpaired) electrons. The van der Waals surface area contributed by atoms with Gasteiger partial charge in [0.25, 0.3) is 0 Å². The first-order chi connectivity index (χ1) is 9.10. The van der Waals surface area contributed by atoms with Gasteiger partial charge in [-0.2, -0.15) is 0 Å². The average molecular weight is 267 g/mol. The number of rotatable bonds is 3. The van der Waals surface area contributed by atoms with Gasteiger partial charge in [-0.05, 0) is 38.8 Å². The number of nitrogens with zero attached hydrogens (tertiary/aromatic N) is 2. The lowest BCUT2D eigenvalue weighted by Gasteiger charge is -2.34. The number of hydrogen-bond donors (Lipinski definition) is 1. The van der Waals surface area contributed by atoms with E-state index in [1.165, 1.54) is 12.8 Å². The number of carbonyl (C=O) groups excluding carboxylic acids is 2. The lowest BCUT2D eigenvalue weighted by Crippen LogP contribution is -2.47. The molecule has 0 aromatic carbocycles. The van der Waals surface area contributed by atoms with Crippen LogP contribution in [0.3, 0.4) is 0 Å². The van der Waals surface area contributed by atoms with Crippen molar-refractivity contribution in [3.63, 3.8) is 0 Å². The lowest BCUT2D eigenvalue weighted by atomic mass is 9.97. The summed E-state index contributed by atoms with van der Waals surface area (Å²) in [5, 5.41) is 2.81. The van der Waals surface area contributed by atoms with Gasteiger partial charge in [-0.3, -0.25) is 9.59 Å². The van der Waals surface area contributed by atoms with Gasteiger partial charge < -0.3 is 15.1 Å². The van der Waals surface area contributed by atoms with Gasteiger partial charge in [-0.1, -0.05) is 6.92 Å². The van der Waals surface area contributed by atoms with Gasteiger partial charge in [-0.15, -0.1) is 0 Å². The molecule has 2 fully saturated rings. The summed E-state index contributed by atoms with van der Waals surface area (Å²) in [6.45, 7) is 5.53. The van der Waals surface area contributed by atoms with E-state index in [-0.39, 0.29) is 17.9 Å². The molecule has 2 aliphatic heterocycles.